The number of aromatic amines is 2. The molecule has 0 spiro atoms. The lowest BCUT2D eigenvalue weighted by Crippen LogP contribution is -2.31. The van der Waals surface area contributed by atoms with Crippen molar-refractivity contribution in [1.29, 1.82) is 0 Å². The first-order valence-electron chi connectivity index (χ1n) is 16.6. The third-order valence-electron chi connectivity index (χ3n) is 9.01. The van der Waals surface area contributed by atoms with Crippen LogP contribution in [-0.2, 0) is 0 Å². The second kappa shape index (κ2) is 13.8. The van der Waals surface area contributed by atoms with E-state index in [2.05, 4.69) is 56.2 Å². The summed E-state index contributed by atoms with van der Waals surface area (Å²) in [4.78, 5) is 21.7. The van der Waals surface area contributed by atoms with Crippen LogP contribution in [-0.4, -0.2) is 82.2 Å². The number of H-pyrrole nitrogens is 2. The number of ether oxygens (including phenoxy) is 2. The summed E-state index contributed by atoms with van der Waals surface area (Å²) in [6.07, 6.45) is 10.2. The molecule has 2 saturated heterocycles. The van der Waals surface area contributed by atoms with Gasteiger partial charge in [0.05, 0.1) is 35.3 Å². The van der Waals surface area contributed by atoms with Crippen molar-refractivity contribution in [3.63, 3.8) is 0 Å². The van der Waals surface area contributed by atoms with Crippen molar-refractivity contribution in [2.24, 2.45) is 0 Å². The molecule has 4 heterocycles. The number of likely N-dealkylation sites (tertiary alicyclic amines) is 2. The second-order valence-electron chi connectivity index (χ2n) is 12.3. The number of hydrogen-bond donors (Lipinski definition) is 2. The van der Waals surface area contributed by atoms with Crippen molar-refractivity contribution in [2.45, 2.75) is 51.4 Å². The Kier molecular flexibility index (Phi) is 9.07. The fraction of sp³-hybridized carbons (Fsp3) is 0.444. The maximum atomic E-state index is 6.07. The highest BCUT2D eigenvalue weighted by atomic mass is 16.5. The van der Waals surface area contributed by atoms with E-state index in [1.54, 1.807) is 0 Å². The van der Waals surface area contributed by atoms with E-state index in [1.165, 1.54) is 64.7 Å². The number of aromatic nitrogens is 4. The molecular weight excluding hydrogens is 548 g/mol. The first kappa shape index (κ1) is 28.9. The summed E-state index contributed by atoms with van der Waals surface area (Å²) in [5, 5.41) is 0. The summed E-state index contributed by atoms with van der Waals surface area (Å²) in [6, 6.07) is 20.6. The van der Waals surface area contributed by atoms with E-state index in [1.807, 2.05) is 24.3 Å². The molecule has 2 aromatic heterocycles. The van der Waals surface area contributed by atoms with Crippen LogP contribution in [0.1, 0.15) is 51.4 Å². The average molecular weight is 593 g/mol. The summed E-state index contributed by atoms with van der Waals surface area (Å²) in [5.74, 6) is 3.47. The van der Waals surface area contributed by atoms with Crippen molar-refractivity contribution < 1.29 is 9.47 Å². The molecule has 0 amide bonds. The normalized spacial score (nSPS) is 16.5. The fourth-order valence-corrected chi connectivity index (χ4v) is 6.54. The zero-order valence-electron chi connectivity index (χ0n) is 25.7. The molecule has 230 valence electrons. The first-order chi connectivity index (χ1) is 21.8. The van der Waals surface area contributed by atoms with Gasteiger partial charge in [0.25, 0.3) is 0 Å². The summed E-state index contributed by atoms with van der Waals surface area (Å²) in [7, 11) is 0. The van der Waals surface area contributed by atoms with Gasteiger partial charge in [0, 0.05) is 36.3 Å². The molecule has 7 rings (SSSR count). The van der Waals surface area contributed by atoms with Crippen LogP contribution in [0.25, 0.3) is 44.8 Å². The first-order valence-corrected chi connectivity index (χ1v) is 16.6. The number of benzene rings is 3. The molecule has 0 unspecified atom stereocenters. The molecule has 44 heavy (non-hydrogen) atoms. The van der Waals surface area contributed by atoms with E-state index in [4.69, 9.17) is 19.4 Å². The lowest BCUT2D eigenvalue weighted by atomic mass is 10.1. The third kappa shape index (κ3) is 7.08. The zero-order chi connectivity index (χ0) is 29.6. The Hall–Kier alpha value is -3.88. The van der Waals surface area contributed by atoms with Gasteiger partial charge in [0.2, 0.25) is 0 Å². The number of piperidine rings is 2. The molecule has 3 aromatic carbocycles. The van der Waals surface area contributed by atoms with E-state index in [9.17, 15) is 0 Å². The number of nitrogens with zero attached hydrogens (tertiary/aromatic N) is 4. The Bertz CT molecular complexity index is 1520. The maximum absolute atomic E-state index is 6.07. The topological polar surface area (TPSA) is 82.3 Å². The number of rotatable bonds is 12. The van der Waals surface area contributed by atoms with Gasteiger partial charge in [-0.1, -0.05) is 37.1 Å². The standard InChI is InChI=1S/C36H44N6O2/c1-3-17-41(18-4-1)21-7-23-43-29-13-15-31-33(25-29)39-35(37-31)27-9-11-28(12-10-27)36-38-32-16-14-30(26-34(32)40-36)44-24-8-22-42-19-5-2-6-20-42/h9-16,25-26H,1-8,17-24H2,(H,37,39)(H,38,40). The predicted molar refractivity (Wildman–Crippen MR) is 177 cm³/mol. The minimum absolute atomic E-state index is 0.736. The van der Waals surface area contributed by atoms with Crippen LogP contribution >= 0.6 is 0 Å². The number of fused-ring (bicyclic) bond motifs is 2. The maximum Gasteiger partial charge on any atom is 0.138 e. The van der Waals surface area contributed by atoms with Crippen LogP contribution in [0.3, 0.4) is 0 Å². The van der Waals surface area contributed by atoms with Gasteiger partial charge in [-0.25, -0.2) is 9.97 Å². The van der Waals surface area contributed by atoms with Gasteiger partial charge in [-0.05, 0) is 89.0 Å². The SMILES string of the molecule is c1cc2nc(-c3ccc(-c4nc5ccc(OCCCN6CCCCC6)cc5[nH]4)cc3)[nH]c2cc1OCCCN1CCCCC1. The van der Waals surface area contributed by atoms with Gasteiger partial charge in [-0.2, -0.15) is 0 Å². The van der Waals surface area contributed by atoms with Gasteiger partial charge < -0.3 is 29.2 Å². The van der Waals surface area contributed by atoms with Gasteiger partial charge in [-0.15, -0.1) is 0 Å². The van der Waals surface area contributed by atoms with E-state index in [0.29, 0.717) is 0 Å². The number of nitrogens with one attached hydrogen (secondary N) is 2. The molecular formula is C36H44N6O2. The number of hydrogen-bond acceptors (Lipinski definition) is 6. The molecule has 8 nitrogen and oxygen atoms in total. The zero-order valence-corrected chi connectivity index (χ0v) is 25.7. The molecule has 8 heteroatoms. The highest BCUT2D eigenvalue weighted by molar-refractivity contribution is 5.82. The molecule has 0 bridgehead atoms. The summed E-state index contributed by atoms with van der Waals surface area (Å²) < 4.78 is 12.1. The number of imidazole rings is 2. The fourth-order valence-electron chi connectivity index (χ4n) is 6.54. The molecule has 0 radical (unpaired) electrons. The molecule has 2 N–H and O–H groups in total. The van der Waals surface area contributed by atoms with Crippen molar-refractivity contribution in [2.75, 3.05) is 52.5 Å². The molecule has 0 atom stereocenters. The highest BCUT2D eigenvalue weighted by Gasteiger charge is 2.12. The van der Waals surface area contributed by atoms with Gasteiger partial charge in [-0.3, -0.25) is 0 Å². The Morgan fingerprint density at radius 3 is 1.41 bits per heavy atom. The van der Waals surface area contributed by atoms with E-state index < -0.39 is 0 Å². The van der Waals surface area contributed by atoms with Gasteiger partial charge >= 0.3 is 0 Å². The molecule has 0 aliphatic carbocycles. The smallest absolute Gasteiger partial charge is 0.138 e. The van der Waals surface area contributed by atoms with Crippen LogP contribution < -0.4 is 9.47 Å². The lowest BCUT2D eigenvalue weighted by Gasteiger charge is -2.26. The minimum atomic E-state index is 0.736. The van der Waals surface area contributed by atoms with Crippen LogP contribution in [0.5, 0.6) is 11.5 Å². The predicted octanol–water partition coefficient (Wildman–Crippen LogP) is 7.28. The largest absolute Gasteiger partial charge is 0.493 e. The van der Waals surface area contributed by atoms with E-state index in [-0.39, 0.29) is 0 Å². The molecule has 2 aliphatic rings. The summed E-state index contributed by atoms with van der Waals surface area (Å²) in [6.45, 7) is 8.65. The van der Waals surface area contributed by atoms with Gasteiger partial charge in [0.15, 0.2) is 0 Å². The van der Waals surface area contributed by atoms with E-state index in [0.717, 1.165) is 95.5 Å². The third-order valence-corrected chi connectivity index (χ3v) is 9.01. The Balaban J connectivity index is 0.945. The Labute approximate surface area is 259 Å². The van der Waals surface area contributed by atoms with Crippen molar-refractivity contribution in [3.05, 3.63) is 60.7 Å². The molecule has 0 saturated carbocycles. The quantitative estimate of drug-likeness (QED) is 0.148. The molecule has 2 fully saturated rings. The Morgan fingerprint density at radius 2 is 0.977 bits per heavy atom. The molecule has 5 aromatic rings. The van der Waals surface area contributed by atoms with Crippen LogP contribution in [0, 0.1) is 0 Å². The van der Waals surface area contributed by atoms with Crippen molar-refractivity contribution in [3.8, 4) is 34.3 Å². The van der Waals surface area contributed by atoms with E-state index >= 15 is 0 Å². The monoisotopic (exact) mass is 592 g/mol. The highest BCUT2D eigenvalue weighted by Crippen LogP contribution is 2.28. The second-order valence-corrected chi connectivity index (χ2v) is 12.3. The molecule has 2 aliphatic heterocycles. The summed E-state index contributed by atoms with van der Waals surface area (Å²) in [5.41, 5.74) is 5.91. The Morgan fingerprint density at radius 1 is 0.545 bits per heavy atom. The van der Waals surface area contributed by atoms with Crippen LogP contribution in [0.4, 0.5) is 0 Å². The van der Waals surface area contributed by atoms with Crippen LogP contribution in [0.2, 0.25) is 0 Å². The lowest BCUT2D eigenvalue weighted by molar-refractivity contribution is 0.205. The van der Waals surface area contributed by atoms with Crippen molar-refractivity contribution >= 4 is 22.1 Å². The average Bonchev–Trinajstić information content (AvgIpc) is 3.70. The van der Waals surface area contributed by atoms with Crippen LogP contribution in [0.15, 0.2) is 60.7 Å². The van der Waals surface area contributed by atoms with Crippen molar-refractivity contribution in [1.82, 2.24) is 29.7 Å². The van der Waals surface area contributed by atoms with Gasteiger partial charge in [0.1, 0.15) is 23.1 Å². The minimum Gasteiger partial charge on any atom is -0.493 e. The summed E-state index contributed by atoms with van der Waals surface area (Å²) >= 11 is 0.